The number of rotatable bonds is 2. The number of carbonyl (C=O) groups excluding carboxylic acids is 1. The Balaban J connectivity index is 2.17. The maximum absolute atomic E-state index is 11.7. The summed E-state index contributed by atoms with van der Waals surface area (Å²) in [6, 6.07) is 8.61. The number of benzene rings is 1. The minimum atomic E-state index is -0.457. The first-order valence-corrected chi connectivity index (χ1v) is 5.92. The van der Waals surface area contributed by atoms with Gasteiger partial charge in [-0.05, 0) is 39.6 Å². The molecule has 0 aliphatic carbocycles. The van der Waals surface area contributed by atoms with Crippen LogP contribution in [0, 0.1) is 0 Å². The fourth-order valence-corrected chi connectivity index (χ4v) is 1.97. The first kappa shape index (κ1) is 11.1. The van der Waals surface area contributed by atoms with Gasteiger partial charge in [-0.25, -0.2) is 4.79 Å². The molecule has 0 fully saturated rings. The highest BCUT2D eigenvalue weighted by atomic mass is 79.9. The molecule has 0 atom stereocenters. The summed E-state index contributed by atoms with van der Waals surface area (Å²) in [6.45, 7) is 0. The summed E-state index contributed by atoms with van der Waals surface area (Å²) in [7, 11) is 0. The Kier molecular flexibility index (Phi) is 3.21. The van der Waals surface area contributed by atoms with Gasteiger partial charge in [0, 0.05) is 6.07 Å². The molecule has 2 N–H and O–H groups in total. The summed E-state index contributed by atoms with van der Waals surface area (Å²) in [6.07, 6.45) is 0. The molecule has 0 spiro atoms. The zero-order valence-corrected chi connectivity index (χ0v) is 10.4. The summed E-state index contributed by atoms with van der Waals surface area (Å²) in [5.74, 6) is 0.338. The normalized spacial score (nSPS) is 10.1. The number of halogens is 1. The highest BCUT2D eigenvalue weighted by molar-refractivity contribution is 9.10. The molecule has 0 saturated heterocycles. The second-order valence-electron chi connectivity index (χ2n) is 2.94. The van der Waals surface area contributed by atoms with E-state index >= 15 is 0 Å². The number of anilines is 1. The van der Waals surface area contributed by atoms with Crippen molar-refractivity contribution in [2.75, 3.05) is 5.73 Å². The van der Waals surface area contributed by atoms with E-state index in [9.17, 15) is 4.79 Å². The van der Waals surface area contributed by atoms with Gasteiger partial charge in [-0.1, -0.05) is 12.1 Å². The molecule has 1 aromatic carbocycles. The van der Waals surface area contributed by atoms with Crippen LogP contribution in [0.3, 0.4) is 0 Å². The lowest BCUT2D eigenvalue weighted by Gasteiger charge is -2.03. The Morgan fingerprint density at radius 1 is 1.44 bits per heavy atom. The van der Waals surface area contributed by atoms with Crippen LogP contribution in [-0.2, 0) is 0 Å². The first-order chi connectivity index (χ1) is 7.66. The van der Waals surface area contributed by atoms with Crippen LogP contribution in [0.15, 0.2) is 34.8 Å². The lowest BCUT2D eigenvalue weighted by Crippen LogP contribution is -2.06. The summed E-state index contributed by atoms with van der Waals surface area (Å²) < 4.78 is 9.71. The Morgan fingerprint density at radius 3 is 2.81 bits per heavy atom. The Labute approximate surface area is 104 Å². The highest BCUT2D eigenvalue weighted by Crippen LogP contribution is 2.25. The lowest BCUT2D eigenvalue weighted by molar-refractivity contribution is 0.0738. The molecule has 2 rings (SSSR count). The van der Waals surface area contributed by atoms with E-state index in [-0.39, 0.29) is 0 Å². The maximum atomic E-state index is 11.7. The van der Waals surface area contributed by atoms with E-state index in [0.29, 0.717) is 16.4 Å². The number of ether oxygens (including phenoxy) is 1. The largest absolute Gasteiger partial charge is 0.421 e. The highest BCUT2D eigenvalue weighted by Gasteiger charge is 2.13. The number of hydrogen-bond acceptors (Lipinski definition) is 5. The molecule has 0 amide bonds. The van der Waals surface area contributed by atoms with Crippen molar-refractivity contribution in [1.82, 2.24) is 4.37 Å². The average Bonchev–Trinajstić information content (AvgIpc) is 2.68. The van der Waals surface area contributed by atoms with Crippen molar-refractivity contribution in [1.29, 1.82) is 0 Å². The number of nitrogens with two attached hydrogens (primary N) is 1. The van der Waals surface area contributed by atoms with Crippen LogP contribution >= 0.6 is 27.5 Å². The molecule has 1 aromatic heterocycles. The van der Waals surface area contributed by atoms with Gasteiger partial charge in [-0.2, -0.15) is 4.37 Å². The van der Waals surface area contributed by atoms with Gasteiger partial charge in [0.2, 0.25) is 0 Å². The number of aromatic nitrogens is 1. The third-order valence-electron chi connectivity index (χ3n) is 1.77. The van der Waals surface area contributed by atoms with Gasteiger partial charge in [0.15, 0.2) is 0 Å². The minimum absolute atomic E-state index is 0.323. The van der Waals surface area contributed by atoms with Crippen molar-refractivity contribution in [3.05, 3.63) is 39.7 Å². The van der Waals surface area contributed by atoms with E-state index in [2.05, 4.69) is 20.3 Å². The van der Waals surface area contributed by atoms with Gasteiger partial charge in [0.05, 0.1) is 4.47 Å². The molecule has 82 valence electrons. The molecule has 0 radical (unpaired) electrons. The summed E-state index contributed by atoms with van der Waals surface area (Å²) >= 11 is 4.31. The Bertz CT molecular complexity index is 527. The minimum Gasteiger partial charge on any atom is -0.421 e. The van der Waals surface area contributed by atoms with E-state index in [0.717, 1.165) is 16.0 Å². The second kappa shape index (κ2) is 4.63. The van der Waals surface area contributed by atoms with Crippen molar-refractivity contribution in [3.8, 4) is 5.75 Å². The van der Waals surface area contributed by atoms with Crippen molar-refractivity contribution in [3.63, 3.8) is 0 Å². The molecule has 0 unspecified atom stereocenters. The lowest BCUT2D eigenvalue weighted by atomic mass is 10.3. The third kappa shape index (κ3) is 2.40. The summed E-state index contributed by atoms with van der Waals surface area (Å²) in [5, 5.41) is 0. The van der Waals surface area contributed by atoms with Gasteiger partial charge in [0.25, 0.3) is 0 Å². The zero-order valence-electron chi connectivity index (χ0n) is 8.01. The quantitative estimate of drug-likeness (QED) is 0.684. The number of nitrogens with zero attached hydrogens (tertiary/aromatic N) is 1. The molecule has 0 aliphatic rings. The van der Waals surface area contributed by atoms with Crippen LogP contribution in [0.4, 0.5) is 5.82 Å². The molecule has 16 heavy (non-hydrogen) atoms. The molecule has 0 aliphatic heterocycles. The molecular weight excluding hydrogens is 292 g/mol. The smallest absolute Gasteiger partial charge is 0.355 e. The Hall–Kier alpha value is -1.40. The predicted octanol–water partition coefficient (Wildman–Crippen LogP) is 2.71. The van der Waals surface area contributed by atoms with Gasteiger partial charge >= 0.3 is 5.97 Å². The van der Waals surface area contributed by atoms with Gasteiger partial charge in [-0.15, -0.1) is 0 Å². The molecule has 2 aromatic rings. The van der Waals surface area contributed by atoms with Gasteiger partial charge < -0.3 is 10.5 Å². The van der Waals surface area contributed by atoms with Crippen molar-refractivity contribution in [2.24, 2.45) is 0 Å². The fourth-order valence-electron chi connectivity index (χ4n) is 1.06. The van der Waals surface area contributed by atoms with Crippen LogP contribution in [0.25, 0.3) is 0 Å². The number of hydrogen-bond donors (Lipinski definition) is 1. The Morgan fingerprint density at radius 2 is 2.19 bits per heavy atom. The standard InChI is InChI=1S/C10H7BrN2O2S/c11-6-3-1-2-4-7(6)15-10(14)8-5-9(12)13-16-8/h1-5H,(H2,12,13). The van der Waals surface area contributed by atoms with E-state index in [1.54, 1.807) is 18.2 Å². The SMILES string of the molecule is Nc1cc(C(=O)Oc2ccccc2Br)sn1. The average molecular weight is 299 g/mol. The topological polar surface area (TPSA) is 65.2 Å². The number of nitrogen functional groups attached to an aromatic ring is 1. The predicted molar refractivity (Wildman–Crippen MR) is 65.6 cm³/mol. The van der Waals surface area contributed by atoms with Gasteiger partial charge in [-0.3, -0.25) is 0 Å². The summed E-state index contributed by atoms with van der Waals surface area (Å²) in [5.41, 5.74) is 5.42. The van der Waals surface area contributed by atoms with Crippen LogP contribution in [0.5, 0.6) is 5.75 Å². The van der Waals surface area contributed by atoms with Crippen LogP contribution in [0.2, 0.25) is 0 Å². The monoisotopic (exact) mass is 298 g/mol. The maximum Gasteiger partial charge on any atom is 0.355 e. The van der Waals surface area contributed by atoms with Crippen LogP contribution in [-0.4, -0.2) is 10.3 Å². The number of para-hydroxylation sites is 1. The number of esters is 1. The van der Waals surface area contributed by atoms with E-state index < -0.39 is 5.97 Å². The van der Waals surface area contributed by atoms with Crippen molar-refractivity contribution in [2.45, 2.75) is 0 Å². The first-order valence-electron chi connectivity index (χ1n) is 4.36. The summed E-state index contributed by atoms with van der Waals surface area (Å²) in [4.78, 5) is 12.0. The van der Waals surface area contributed by atoms with Crippen LogP contribution in [0.1, 0.15) is 9.67 Å². The van der Waals surface area contributed by atoms with E-state index in [4.69, 9.17) is 10.5 Å². The van der Waals surface area contributed by atoms with Gasteiger partial charge in [0.1, 0.15) is 16.4 Å². The van der Waals surface area contributed by atoms with E-state index in [1.807, 2.05) is 6.07 Å². The van der Waals surface area contributed by atoms with E-state index in [1.165, 1.54) is 6.07 Å². The van der Waals surface area contributed by atoms with Crippen molar-refractivity contribution < 1.29 is 9.53 Å². The third-order valence-corrected chi connectivity index (χ3v) is 3.21. The molecule has 0 bridgehead atoms. The van der Waals surface area contributed by atoms with Crippen LogP contribution < -0.4 is 10.5 Å². The number of carbonyl (C=O) groups is 1. The van der Waals surface area contributed by atoms with Crippen molar-refractivity contribution >= 4 is 39.2 Å². The molecule has 1 heterocycles. The molecule has 4 nitrogen and oxygen atoms in total. The molecule has 6 heteroatoms. The molecule has 0 saturated carbocycles. The zero-order chi connectivity index (χ0) is 11.5. The second-order valence-corrected chi connectivity index (χ2v) is 4.60. The fraction of sp³-hybridized carbons (Fsp3) is 0. The molecular formula is C10H7BrN2O2S.